The average Bonchev–Trinajstić information content (AvgIpc) is 3.45. The number of fused-ring (bicyclic) bond motifs is 6. The number of anilines is 2. The van der Waals surface area contributed by atoms with E-state index in [-0.39, 0.29) is 28.1 Å². The molecule has 1 amide bonds. The topological polar surface area (TPSA) is 66.5 Å². The van der Waals surface area contributed by atoms with E-state index in [2.05, 4.69) is 5.32 Å². The van der Waals surface area contributed by atoms with E-state index in [1.807, 2.05) is 66.4 Å². The van der Waals surface area contributed by atoms with Crippen LogP contribution in [0.2, 0.25) is 10.0 Å². The quantitative estimate of drug-likeness (QED) is 0.261. The minimum Gasteiger partial charge on any atom is -0.352 e. The van der Waals surface area contributed by atoms with Gasteiger partial charge in [0.2, 0.25) is 5.91 Å². The SMILES string of the molecule is Cc1ccc2c(c1)C=C[C@@H]1N2[C@H](C(=O)c2ccc(Cl)cc2)[C@@H](C(=O)c2ccccc2Cl)[C@]12C(=O)Nc1ccccc12. The van der Waals surface area contributed by atoms with Crippen LogP contribution >= 0.6 is 23.2 Å². The summed E-state index contributed by atoms with van der Waals surface area (Å²) in [4.78, 5) is 45.8. The number of hydrogen-bond donors (Lipinski definition) is 1. The molecule has 0 unspecified atom stereocenters. The molecule has 0 saturated carbocycles. The summed E-state index contributed by atoms with van der Waals surface area (Å²) in [5.74, 6) is -2.03. The van der Waals surface area contributed by atoms with Gasteiger partial charge in [-0.25, -0.2) is 0 Å². The van der Waals surface area contributed by atoms with E-state index in [4.69, 9.17) is 23.2 Å². The van der Waals surface area contributed by atoms with Gasteiger partial charge >= 0.3 is 0 Å². The fourth-order valence-electron chi connectivity index (χ4n) is 6.91. The zero-order valence-corrected chi connectivity index (χ0v) is 23.5. The highest BCUT2D eigenvalue weighted by Crippen LogP contribution is 2.58. The molecule has 0 aromatic heterocycles. The number of ketones is 2. The van der Waals surface area contributed by atoms with Crippen LogP contribution < -0.4 is 10.2 Å². The molecule has 7 heteroatoms. The minimum absolute atomic E-state index is 0.270. The molecule has 5 nitrogen and oxygen atoms in total. The second kappa shape index (κ2) is 9.44. The van der Waals surface area contributed by atoms with Gasteiger partial charge in [-0.1, -0.05) is 77.3 Å². The molecule has 4 aromatic rings. The molecule has 1 N–H and O–H groups in total. The van der Waals surface area contributed by atoms with Gasteiger partial charge in [0, 0.05) is 27.5 Å². The van der Waals surface area contributed by atoms with Crippen molar-refractivity contribution in [2.75, 3.05) is 10.2 Å². The van der Waals surface area contributed by atoms with Crippen LogP contribution in [-0.4, -0.2) is 29.6 Å². The molecule has 41 heavy (non-hydrogen) atoms. The highest BCUT2D eigenvalue weighted by Gasteiger charge is 2.70. The Kier molecular flexibility index (Phi) is 5.93. The molecule has 1 spiro atoms. The molecule has 4 atom stereocenters. The van der Waals surface area contributed by atoms with Crippen molar-refractivity contribution >= 4 is 58.1 Å². The summed E-state index contributed by atoms with van der Waals surface area (Å²) in [5.41, 5.74) is 3.39. The zero-order valence-electron chi connectivity index (χ0n) is 22.0. The molecule has 0 bridgehead atoms. The number of benzene rings is 4. The van der Waals surface area contributed by atoms with E-state index < -0.39 is 23.4 Å². The maximum atomic E-state index is 14.8. The fraction of sp³-hybridized carbons (Fsp3) is 0.147. The molecule has 4 aromatic carbocycles. The smallest absolute Gasteiger partial charge is 0.238 e. The molecule has 3 aliphatic rings. The van der Waals surface area contributed by atoms with Crippen LogP contribution in [0.15, 0.2) is 97.1 Å². The molecule has 0 radical (unpaired) electrons. The Balaban J connectivity index is 1.55. The first kappa shape index (κ1) is 25.8. The Bertz CT molecular complexity index is 1800. The molecule has 0 aliphatic carbocycles. The van der Waals surface area contributed by atoms with Gasteiger partial charge in [0.15, 0.2) is 11.6 Å². The second-order valence-corrected chi connectivity index (χ2v) is 11.6. The summed E-state index contributed by atoms with van der Waals surface area (Å²) in [6, 6.07) is 25.3. The third-order valence-corrected chi connectivity index (χ3v) is 9.19. The van der Waals surface area contributed by atoms with Crippen molar-refractivity contribution in [1.82, 2.24) is 0 Å². The van der Waals surface area contributed by atoms with Crippen molar-refractivity contribution in [3.05, 3.63) is 135 Å². The number of hydrogen-bond acceptors (Lipinski definition) is 4. The Morgan fingerprint density at radius 2 is 1.61 bits per heavy atom. The third-order valence-electron chi connectivity index (χ3n) is 8.61. The number of rotatable bonds is 4. The first-order valence-electron chi connectivity index (χ1n) is 13.4. The Hall–Kier alpha value is -4.19. The van der Waals surface area contributed by atoms with Crippen LogP contribution in [0.1, 0.15) is 37.4 Å². The van der Waals surface area contributed by atoms with Crippen LogP contribution in [0.3, 0.4) is 0 Å². The van der Waals surface area contributed by atoms with Gasteiger partial charge in [-0.15, -0.1) is 0 Å². The fourth-order valence-corrected chi connectivity index (χ4v) is 7.27. The van der Waals surface area contributed by atoms with Crippen LogP contribution in [0, 0.1) is 12.8 Å². The first-order valence-corrected chi connectivity index (χ1v) is 14.1. The van der Waals surface area contributed by atoms with Crippen LogP contribution in [0.4, 0.5) is 11.4 Å². The maximum Gasteiger partial charge on any atom is 0.238 e. The molecule has 3 aliphatic heterocycles. The monoisotopic (exact) mass is 578 g/mol. The van der Waals surface area contributed by atoms with Crippen molar-refractivity contribution in [2.45, 2.75) is 24.4 Å². The number of carbonyl (C=O) groups is 3. The van der Waals surface area contributed by atoms with Gasteiger partial charge in [0.1, 0.15) is 11.5 Å². The summed E-state index contributed by atoms with van der Waals surface area (Å²) >= 11 is 12.8. The second-order valence-electron chi connectivity index (χ2n) is 10.8. The van der Waals surface area contributed by atoms with E-state index >= 15 is 0 Å². The lowest BCUT2D eigenvalue weighted by molar-refractivity contribution is -0.121. The number of halogens is 2. The summed E-state index contributed by atoms with van der Waals surface area (Å²) < 4.78 is 0. The van der Waals surface area contributed by atoms with Gasteiger partial charge in [0.05, 0.1) is 17.0 Å². The lowest BCUT2D eigenvalue weighted by Crippen LogP contribution is -2.51. The van der Waals surface area contributed by atoms with Gasteiger partial charge < -0.3 is 10.2 Å². The molecular weight excluding hydrogens is 555 g/mol. The van der Waals surface area contributed by atoms with E-state index in [9.17, 15) is 14.4 Å². The normalized spacial score (nSPS) is 23.6. The van der Waals surface area contributed by atoms with Crippen molar-refractivity contribution in [1.29, 1.82) is 0 Å². The van der Waals surface area contributed by atoms with E-state index in [1.54, 1.807) is 48.5 Å². The molecule has 3 heterocycles. The lowest BCUT2D eigenvalue weighted by Gasteiger charge is -2.37. The largest absolute Gasteiger partial charge is 0.352 e. The van der Waals surface area contributed by atoms with E-state index in [1.165, 1.54) is 0 Å². The molecule has 1 fully saturated rings. The van der Waals surface area contributed by atoms with Crippen molar-refractivity contribution < 1.29 is 14.4 Å². The highest BCUT2D eigenvalue weighted by molar-refractivity contribution is 6.34. The Morgan fingerprint density at radius 3 is 2.39 bits per heavy atom. The van der Waals surface area contributed by atoms with E-state index in [0.29, 0.717) is 21.8 Å². The van der Waals surface area contributed by atoms with Crippen LogP contribution in [0.25, 0.3) is 6.08 Å². The number of amides is 1. The minimum atomic E-state index is -1.39. The number of para-hydroxylation sites is 1. The third kappa shape index (κ3) is 3.66. The van der Waals surface area contributed by atoms with Gasteiger partial charge in [-0.2, -0.15) is 0 Å². The number of nitrogens with zero attached hydrogens (tertiary/aromatic N) is 1. The number of carbonyl (C=O) groups excluding carboxylic acids is 3. The summed E-state index contributed by atoms with van der Waals surface area (Å²) in [6.07, 6.45) is 3.96. The number of aryl methyl sites for hydroxylation is 1. The zero-order chi connectivity index (χ0) is 28.5. The average molecular weight is 579 g/mol. The van der Waals surface area contributed by atoms with Crippen molar-refractivity contribution in [2.24, 2.45) is 5.92 Å². The number of Topliss-reactive ketones (excluding diaryl/α,β-unsaturated/α-hetero) is 2. The van der Waals surface area contributed by atoms with Crippen molar-refractivity contribution in [3.63, 3.8) is 0 Å². The summed E-state index contributed by atoms with van der Waals surface area (Å²) in [6.45, 7) is 2.01. The number of nitrogens with one attached hydrogen (secondary N) is 1. The Morgan fingerprint density at radius 1 is 0.878 bits per heavy atom. The maximum absolute atomic E-state index is 14.8. The summed E-state index contributed by atoms with van der Waals surface area (Å²) in [7, 11) is 0. The molecular formula is C34H24Cl2N2O3. The van der Waals surface area contributed by atoms with Crippen LogP contribution in [0.5, 0.6) is 0 Å². The first-order chi connectivity index (χ1) is 19.8. The molecule has 202 valence electrons. The lowest BCUT2D eigenvalue weighted by atomic mass is 9.64. The van der Waals surface area contributed by atoms with Gasteiger partial charge in [-0.05, 0) is 72.6 Å². The standard InChI is InChI=1S/C34H24Cl2N2O3/c1-19-10-16-27-21(18-19)13-17-28-34(24-7-3-5-9-26(24)37-33(34)41)29(32(40)23-6-2-4-8-25(23)36)30(38(27)28)31(39)20-11-14-22(35)15-12-20/h2-18,28-30H,1H3,(H,37,41)/t28-,29-,30-,34+/m0/s1. The van der Waals surface area contributed by atoms with Gasteiger partial charge in [-0.3, -0.25) is 14.4 Å². The van der Waals surface area contributed by atoms with Crippen LogP contribution in [-0.2, 0) is 10.2 Å². The Labute approximate surface area is 247 Å². The highest BCUT2D eigenvalue weighted by atomic mass is 35.5. The predicted molar refractivity (Wildman–Crippen MR) is 162 cm³/mol. The van der Waals surface area contributed by atoms with Gasteiger partial charge in [0.25, 0.3) is 0 Å². The van der Waals surface area contributed by atoms with E-state index in [0.717, 1.165) is 16.8 Å². The predicted octanol–water partition coefficient (Wildman–Crippen LogP) is 7.16. The molecule has 1 saturated heterocycles. The molecule has 7 rings (SSSR count). The summed E-state index contributed by atoms with van der Waals surface area (Å²) in [5, 5.41) is 3.81. The van der Waals surface area contributed by atoms with Crippen molar-refractivity contribution in [3.8, 4) is 0 Å².